The van der Waals surface area contributed by atoms with Crippen molar-refractivity contribution < 1.29 is 9.21 Å². The molecule has 1 N–H and O–H groups in total. The molecule has 0 aliphatic carbocycles. The molecule has 2 rings (SSSR count). The van der Waals surface area contributed by atoms with E-state index in [-0.39, 0.29) is 18.1 Å². The number of likely N-dealkylation sites (N-methyl/N-ethyl adjacent to an activating group) is 2. The van der Waals surface area contributed by atoms with Crippen molar-refractivity contribution in [2.75, 3.05) is 20.6 Å². The Morgan fingerprint density at radius 3 is 2.71 bits per heavy atom. The number of hydrogen-bond acceptors (Lipinski definition) is 4. The highest BCUT2D eigenvalue weighted by Gasteiger charge is 2.12. The molecule has 21 heavy (non-hydrogen) atoms. The Bertz CT molecular complexity index is 734. The van der Waals surface area contributed by atoms with Gasteiger partial charge < -0.3 is 9.73 Å². The average molecular weight is 288 g/mol. The minimum atomic E-state index is -0.362. The summed E-state index contributed by atoms with van der Waals surface area (Å²) in [6.45, 7) is 4.72. The SMILES string of the molecule is CNC(=O)CN(C)Cc1cc(=O)oc2c(C)c(C)ccc12. The number of benzene rings is 1. The molecule has 1 heterocycles. The van der Waals surface area contributed by atoms with Crippen LogP contribution in [0.2, 0.25) is 0 Å². The van der Waals surface area contributed by atoms with E-state index in [9.17, 15) is 9.59 Å². The number of hydrogen-bond donors (Lipinski definition) is 1. The minimum absolute atomic E-state index is 0.0585. The molecule has 0 aliphatic rings. The van der Waals surface area contributed by atoms with Crippen LogP contribution in [0.25, 0.3) is 11.0 Å². The maximum Gasteiger partial charge on any atom is 0.336 e. The predicted molar refractivity (Wildman–Crippen MR) is 82.4 cm³/mol. The summed E-state index contributed by atoms with van der Waals surface area (Å²) in [5.74, 6) is -0.0585. The van der Waals surface area contributed by atoms with Crippen molar-refractivity contribution in [2.24, 2.45) is 0 Å². The lowest BCUT2D eigenvalue weighted by molar-refractivity contribution is -0.121. The van der Waals surface area contributed by atoms with E-state index in [4.69, 9.17) is 4.42 Å². The van der Waals surface area contributed by atoms with Gasteiger partial charge in [-0.25, -0.2) is 4.79 Å². The summed E-state index contributed by atoms with van der Waals surface area (Å²) in [5, 5.41) is 3.50. The Morgan fingerprint density at radius 2 is 2.05 bits per heavy atom. The quantitative estimate of drug-likeness (QED) is 0.868. The molecular weight excluding hydrogens is 268 g/mol. The molecule has 0 fully saturated rings. The molecule has 0 aliphatic heterocycles. The smallest absolute Gasteiger partial charge is 0.336 e. The molecule has 112 valence electrons. The van der Waals surface area contributed by atoms with Crippen molar-refractivity contribution in [1.29, 1.82) is 0 Å². The summed E-state index contributed by atoms with van der Waals surface area (Å²) in [6, 6.07) is 5.47. The van der Waals surface area contributed by atoms with Gasteiger partial charge in [-0.05, 0) is 37.6 Å². The molecule has 5 nitrogen and oxygen atoms in total. The van der Waals surface area contributed by atoms with Gasteiger partial charge in [0, 0.05) is 25.0 Å². The molecule has 0 radical (unpaired) electrons. The third-order valence-electron chi connectivity index (χ3n) is 3.65. The number of carbonyl (C=O) groups is 1. The third-order valence-corrected chi connectivity index (χ3v) is 3.65. The second-order valence-corrected chi connectivity index (χ2v) is 5.32. The van der Waals surface area contributed by atoms with Gasteiger partial charge in [0.25, 0.3) is 0 Å². The zero-order chi connectivity index (χ0) is 15.6. The first-order valence-corrected chi connectivity index (χ1v) is 6.84. The van der Waals surface area contributed by atoms with Crippen molar-refractivity contribution in [3.63, 3.8) is 0 Å². The maximum absolute atomic E-state index is 11.8. The summed E-state index contributed by atoms with van der Waals surface area (Å²) >= 11 is 0. The molecule has 0 saturated heterocycles. The lowest BCUT2D eigenvalue weighted by Crippen LogP contribution is -2.32. The highest BCUT2D eigenvalue weighted by molar-refractivity contribution is 5.84. The van der Waals surface area contributed by atoms with Gasteiger partial charge in [0.15, 0.2) is 0 Å². The number of amides is 1. The van der Waals surface area contributed by atoms with Gasteiger partial charge in [-0.1, -0.05) is 12.1 Å². The van der Waals surface area contributed by atoms with Gasteiger partial charge in [-0.15, -0.1) is 0 Å². The Labute approximate surface area is 123 Å². The van der Waals surface area contributed by atoms with Crippen LogP contribution in [0.3, 0.4) is 0 Å². The second kappa shape index (κ2) is 6.10. The van der Waals surface area contributed by atoms with E-state index in [1.54, 1.807) is 7.05 Å². The van der Waals surface area contributed by atoms with Crippen LogP contribution < -0.4 is 10.9 Å². The van der Waals surface area contributed by atoms with Crippen LogP contribution in [0.15, 0.2) is 27.4 Å². The van der Waals surface area contributed by atoms with Crippen LogP contribution in [0.5, 0.6) is 0 Å². The van der Waals surface area contributed by atoms with Gasteiger partial charge >= 0.3 is 5.63 Å². The van der Waals surface area contributed by atoms with Gasteiger partial charge in [0.1, 0.15) is 5.58 Å². The molecule has 0 spiro atoms. The molecule has 1 aromatic heterocycles. The monoisotopic (exact) mass is 288 g/mol. The fraction of sp³-hybridized carbons (Fsp3) is 0.375. The largest absolute Gasteiger partial charge is 0.422 e. The number of carbonyl (C=O) groups excluding carboxylic acids is 1. The summed E-state index contributed by atoms with van der Waals surface area (Å²) in [5.41, 5.74) is 3.20. The molecule has 0 atom stereocenters. The zero-order valence-electron chi connectivity index (χ0n) is 12.8. The molecule has 1 amide bonds. The average Bonchev–Trinajstić information content (AvgIpc) is 2.43. The van der Waals surface area contributed by atoms with E-state index in [2.05, 4.69) is 5.32 Å². The Hall–Kier alpha value is -2.14. The summed E-state index contributed by atoms with van der Waals surface area (Å²) in [4.78, 5) is 25.0. The third kappa shape index (κ3) is 3.31. The highest BCUT2D eigenvalue weighted by Crippen LogP contribution is 2.23. The van der Waals surface area contributed by atoms with Crippen LogP contribution in [-0.2, 0) is 11.3 Å². The van der Waals surface area contributed by atoms with Crippen molar-refractivity contribution in [3.8, 4) is 0 Å². The molecule has 0 unspecified atom stereocenters. The molecule has 0 saturated carbocycles. The Balaban J connectivity index is 2.42. The molecule has 0 bridgehead atoms. The van der Waals surface area contributed by atoms with Crippen LogP contribution >= 0.6 is 0 Å². The first kappa shape index (κ1) is 15.3. The van der Waals surface area contributed by atoms with Crippen LogP contribution in [0.4, 0.5) is 0 Å². The number of rotatable bonds is 4. The predicted octanol–water partition coefficient (Wildman–Crippen LogP) is 1.59. The van der Waals surface area contributed by atoms with Crippen LogP contribution in [-0.4, -0.2) is 31.4 Å². The maximum atomic E-state index is 11.8. The van der Waals surface area contributed by atoms with E-state index in [0.29, 0.717) is 12.1 Å². The number of fused-ring (bicyclic) bond motifs is 1. The first-order chi connectivity index (χ1) is 9.92. The summed E-state index contributed by atoms with van der Waals surface area (Å²) < 4.78 is 5.34. The van der Waals surface area contributed by atoms with E-state index in [0.717, 1.165) is 22.1 Å². The van der Waals surface area contributed by atoms with E-state index >= 15 is 0 Å². The topological polar surface area (TPSA) is 62.6 Å². The van der Waals surface area contributed by atoms with Crippen molar-refractivity contribution in [3.05, 3.63) is 45.3 Å². The normalized spacial score (nSPS) is 11.1. The Morgan fingerprint density at radius 1 is 1.33 bits per heavy atom. The molecule has 1 aromatic carbocycles. The molecular formula is C16H20N2O3. The van der Waals surface area contributed by atoms with Gasteiger partial charge in [-0.2, -0.15) is 0 Å². The number of aryl methyl sites for hydroxylation is 2. The van der Waals surface area contributed by atoms with Gasteiger partial charge in [-0.3, -0.25) is 9.69 Å². The van der Waals surface area contributed by atoms with Crippen LogP contribution in [0.1, 0.15) is 16.7 Å². The summed E-state index contributed by atoms with van der Waals surface area (Å²) in [7, 11) is 3.45. The second-order valence-electron chi connectivity index (χ2n) is 5.32. The highest BCUT2D eigenvalue weighted by atomic mass is 16.4. The lowest BCUT2D eigenvalue weighted by atomic mass is 10.0. The van der Waals surface area contributed by atoms with Gasteiger partial charge in [0.2, 0.25) is 5.91 Å². The minimum Gasteiger partial charge on any atom is -0.422 e. The fourth-order valence-electron chi connectivity index (χ4n) is 2.33. The van der Waals surface area contributed by atoms with Crippen LogP contribution in [0, 0.1) is 13.8 Å². The molecule has 2 aromatic rings. The van der Waals surface area contributed by atoms with Crippen molar-refractivity contribution >= 4 is 16.9 Å². The molecule has 5 heteroatoms. The fourth-order valence-corrected chi connectivity index (χ4v) is 2.33. The van der Waals surface area contributed by atoms with E-state index < -0.39 is 0 Å². The number of nitrogens with zero attached hydrogens (tertiary/aromatic N) is 1. The lowest BCUT2D eigenvalue weighted by Gasteiger charge is -2.17. The van der Waals surface area contributed by atoms with E-state index in [1.807, 2.05) is 37.9 Å². The Kier molecular flexibility index (Phi) is 4.43. The zero-order valence-corrected chi connectivity index (χ0v) is 12.8. The first-order valence-electron chi connectivity index (χ1n) is 6.84. The van der Waals surface area contributed by atoms with Crippen molar-refractivity contribution in [1.82, 2.24) is 10.2 Å². The van der Waals surface area contributed by atoms with Crippen molar-refractivity contribution in [2.45, 2.75) is 20.4 Å². The standard InChI is InChI=1S/C16H20N2O3/c1-10-5-6-13-12(8-18(4)9-14(19)17-3)7-15(20)21-16(13)11(10)2/h5-7H,8-9H2,1-4H3,(H,17,19). The summed E-state index contributed by atoms with van der Waals surface area (Å²) in [6.07, 6.45) is 0. The number of nitrogens with one attached hydrogen (secondary N) is 1. The van der Waals surface area contributed by atoms with Gasteiger partial charge in [0.05, 0.1) is 6.54 Å². The van der Waals surface area contributed by atoms with E-state index in [1.165, 1.54) is 6.07 Å².